The summed E-state index contributed by atoms with van der Waals surface area (Å²) in [6.45, 7) is 7.20. The molecule has 0 aliphatic heterocycles. The molecule has 0 aromatic carbocycles. The Morgan fingerprint density at radius 2 is 2.25 bits per heavy atom. The van der Waals surface area contributed by atoms with Crippen molar-refractivity contribution in [2.45, 2.75) is 26.3 Å². The lowest BCUT2D eigenvalue weighted by Crippen LogP contribution is -2.30. The van der Waals surface area contributed by atoms with Crippen molar-refractivity contribution in [3.8, 4) is 6.07 Å². The number of nitrogens with one attached hydrogen (secondary N) is 1. The summed E-state index contributed by atoms with van der Waals surface area (Å²) in [7, 11) is 1.59. The standard InChI is InChI=1S/C12H17N3O/c1-5-11(12(16)14-4)15-10(3)7-6-9(2)8-13/h6-7,11H,2,5H2,1,3-4H3,(H,14,16)/b7-6-,15-10?. The smallest absolute Gasteiger partial charge is 0.244 e. The van der Waals surface area contributed by atoms with Gasteiger partial charge < -0.3 is 5.32 Å². The summed E-state index contributed by atoms with van der Waals surface area (Å²) in [6.07, 6.45) is 3.90. The molecule has 0 heterocycles. The number of rotatable bonds is 5. The van der Waals surface area contributed by atoms with Gasteiger partial charge in [-0.25, -0.2) is 0 Å². The van der Waals surface area contributed by atoms with Gasteiger partial charge in [0.15, 0.2) is 0 Å². The first-order chi connectivity index (χ1) is 7.54. The Morgan fingerprint density at radius 1 is 1.62 bits per heavy atom. The van der Waals surface area contributed by atoms with Crippen LogP contribution in [0.15, 0.2) is 29.3 Å². The maximum Gasteiger partial charge on any atom is 0.244 e. The van der Waals surface area contributed by atoms with Crippen molar-refractivity contribution in [2.75, 3.05) is 7.05 Å². The number of carbonyl (C=O) groups is 1. The molecule has 0 aliphatic carbocycles. The van der Waals surface area contributed by atoms with E-state index in [2.05, 4.69) is 16.9 Å². The van der Waals surface area contributed by atoms with Gasteiger partial charge in [-0.15, -0.1) is 0 Å². The molecule has 0 aromatic heterocycles. The molecule has 0 rings (SSSR count). The zero-order valence-electron chi connectivity index (χ0n) is 9.95. The van der Waals surface area contributed by atoms with Crippen LogP contribution < -0.4 is 5.32 Å². The molecule has 0 saturated carbocycles. The molecule has 0 saturated heterocycles. The molecule has 0 radical (unpaired) electrons. The normalized spacial score (nSPS) is 13.2. The maximum absolute atomic E-state index is 11.4. The summed E-state index contributed by atoms with van der Waals surface area (Å²) in [4.78, 5) is 15.6. The molecule has 86 valence electrons. The van der Waals surface area contributed by atoms with Crippen LogP contribution in [0.3, 0.4) is 0 Å². The Balaban J connectivity index is 4.63. The summed E-state index contributed by atoms with van der Waals surface area (Å²) in [5, 5.41) is 11.1. The molecule has 1 N–H and O–H groups in total. The van der Waals surface area contributed by atoms with Gasteiger partial charge in [0.1, 0.15) is 6.04 Å². The van der Waals surface area contributed by atoms with Crippen LogP contribution in [0, 0.1) is 11.3 Å². The molecule has 0 fully saturated rings. The van der Waals surface area contributed by atoms with Gasteiger partial charge in [0.05, 0.1) is 6.07 Å². The molecule has 16 heavy (non-hydrogen) atoms. The van der Waals surface area contributed by atoms with Crippen LogP contribution in [-0.4, -0.2) is 24.7 Å². The SMILES string of the molecule is C=C(C#N)/C=C\C(C)=NC(CC)C(=O)NC. The minimum Gasteiger partial charge on any atom is -0.357 e. The van der Waals surface area contributed by atoms with Gasteiger partial charge in [-0.05, 0) is 25.5 Å². The molecular formula is C12H17N3O. The predicted octanol–water partition coefficient (Wildman–Crippen LogP) is 1.61. The average Bonchev–Trinajstić information content (AvgIpc) is 2.31. The summed E-state index contributed by atoms with van der Waals surface area (Å²) >= 11 is 0. The molecule has 0 aliphatic rings. The summed E-state index contributed by atoms with van der Waals surface area (Å²) in [5.74, 6) is -0.102. The number of carbonyl (C=O) groups excluding carboxylic acids is 1. The van der Waals surface area contributed by atoms with Crippen LogP contribution in [0.25, 0.3) is 0 Å². The molecule has 4 heteroatoms. The van der Waals surface area contributed by atoms with E-state index in [9.17, 15) is 4.79 Å². The first-order valence-electron chi connectivity index (χ1n) is 5.08. The Hall–Kier alpha value is -1.89. The van der Waals surface area contributed by atoms with Crippen molar-refractivity contribution in [3.63, 3.8) is 0 Å². The predicted molar refractivity (Wildman–Crippen MR) is 65.1 cm³/mol. The summed E-state index contributed by atoms with van der Waals surface area (Å²) < 4.78 is 0. The second-order valence-electron chi connectivity index (χ2n) is 3.28. The number of likely N-dealkylation sites (N-methyl/N-ethyl adjacent to an activating group) is 1. The Labute approximate surface area is 96.4 Å². The number of hydrogen-bond donors (Lipinski definition) is 1. The van der Waals surface area contributed by atoms with E-state index in [1.807, 2.05) is 13.0 Å². The van der Waals surface area contributed by atoms with Gasteiger partial charge in [-0.3, -0.25) is 9.79 Å². The van der Waals surface area contributed by atoms with Crippen molar-refractivity contribution < 1.29 is 4.79 Å². The van der Waals surface area contributed by atoms with Crippen molar-refractivity contribution >= 4 is 11.6 Å². The zero-order chi connectivity index (χ0) is 12.6. The fraction of sp³-hybridized carbons (Fsp3) is 0.417. The first kappa shape index (κ1) is 14.1. The van der Waals surface area contributed by atoms with Crippen LogP contribution in [0.1, 0.15) is 20.3 Å². The quantitative estimate of drug-likeness (QED) is 0.433. The highest BCUT2D eigenvalue weighted by Crippen LogP contribution is 2.00. The third kappa shape index (κ3) is 5.11. The van der Waals surface area contributed by atoms with Crippen LogP contribution in [-0.2, 0) is 4.79 Å². The Morgan fingerprint density at radius 3 is 2.69 bits per heavy atom. The van der Waals surface area contributed by atoms with Crippen molar-refractivity contribution in [1.82, 2.24) is 5.32 Å². The van der Waals surface area contributed by atoms with Crippen LogP contribution in [0.5, 0.6) is 0 Å². The minimum absolute atomic E-state index is 0.102. The van der Waals surface area contributed by atoms with E-state index < -0.39 is 0 Å². The topological polar surface area (TPSA) is 65.2 Å². The lowest BCUT2D eigenvalue weighted by Gasteiger charge is -2.08. The molecule has 0 aromatic rings. The van der Waals surface area contributed by atoms with Gasteiger partial charge in [-0.1, -0.05) is 13.5 Å². The molecule has 1 atom stereocenters. The number of nitrogens with zero attached hydrogens (tertiary/aromatic N) is 2. The Kier molecular flexibility index (Phi) is 6.53. The van der Waals surface area contributed by atoms with E-state index in [-0.39, 0.29) is 11.9 Å². The fourth-order valence-electron chi connectivity index (χ4n) is 1.05. The monoisotopic (exact) mass is 219 g/mol. The molecule has 4 nitrogen and oxygen atoms in total. The van der Waals surface area contributed by atoms with Crippen LogP contribution in [0.4, 0.5) is 0 Å². The molecule has 0 bridgehead atoms. The summed E-state index contributed by atoms with van der Waals surface area (Å²) in [5.41, 5.74) is 1.06. The third-order valence-electron chi connectivity index (χ3n) is 1.96. The van der Waals surface area contributed by atoms with Crippen molar-refractivity contribution in [1.29, 1.82) is 5.26 Å². The maximum atomic E-state index is 11.4. The fourth-order valence-corrected chi connectivity index (χ4v) is 1.05. The van der Waals surface area contributed by atoms with Gasteiger partial charge in [0.2, 0.25) is 5.91 Å². The molecule has 1 unspecified atom stereocenters. The first-order valence-corrected chi connectivity index (χ1v) is 5.08. The second kappa shape index (κ2) is 7.41. The number of nitriles is 1. The lowest BCUT2D eigenvalue weighted by atomic mass is 10.2. The highest BCUT2D eigenvalue weighted by Gasteiger charge is 2.12. The van der Waals surface area contributed by atoms with Gasteiger partial charge in [-0.2, -0.15) is 5.26 Å². The average molecular weight is 219 g/mol. The Bertz CT molecular complexity index is 361. The van der Waals surface area contributed by atoms with E-state index in [1.165, 1.54) is 0 Å². The number of amides is 1. The summed E-state index contributed by atoms with van der Waals surface area (Å²) in [6, 6.07) is 1.54. The van der Waals surface area contributed by atoms with Crippen molar-refractivity contribution in [2.24, 2.45) is 4.99 Å². The minimum atomic E-state index is -0.370. The molecule has 1 amide bonds. The number of aliphatic imine (C=N–C) groups is 1. The van der Waals surface area contributed by atoms with E-state index in [0.29, 0.717) is 17.7 Å². The second-order valence-corrected chi connectivity index (χ2v) is 3.28. The number of hydrogen-bond acceptors (Lipinski definition) is 3. The zero-order valence-corrected chi connectivity index (χ0v) is 9.95. The lowest BCUT2D eigenvalue weighted by molar-refractivity contribution is -0.121. The third-order valence-corrected chi connectivity index (χ3v) is 1.96. The van der Waals surface area contributed by atoms with E-state index in [1.54, 1.807) is 26.1 Å². The highest BCUT2D eigenvalue weighted by atomic mass is 16.2. The molecule has 0 spiro atoms. The van der Waals surface area contributed by atoms with Crippen molar-refractivity contribution in [3.05, 3.63) is 24.3 Å². The van der Waals surface area contributed by atoms with Gasteiger partial charge in [0, 0.05) is 18.3 Å². The van der Waals surface area contributed by atoms with E-state index >= 15 is 0 Å². The largest absolute Gasteiger partial charge is 0.357 e. The van der Waals surface area contributed by atoms with Crippen LogP contribution in [0.2, 0.25) is 0 Å². The molecular weight excluding hydrogens is 202 g/mol. The van der Waals surface area contributed by atoms with E-state index in [4.69, 9.17) is 5.26 Å². The van der Waals surface area contributed by atoms with Gasteiger partial charge in [0.25, 0.3) is 0 Å². The van der Waals surface area contributed by atoms with Crippen LogP contribution >= 0.6 is 0 Å². The van der Waals surface area contributed by atoms with Gasteiger partial charge >= 0.3 is 0 Å². The number of allylic oxidation sites excluding steroid dienone is 3. The van der Waals surface area contributed by atoms with E-state index in [0.717, 1.165) is 0 Å². The highest BCUT2D eigenvalue weighted by molar-refractivity contribution is 5.95.